The Balaban J connectivity index is 2.35. The molecular formula is C26H36N2. The molecule has 2 aromatic carbocycles. The first-order chi connectivity index (χ1) is 13.2. The van der Waals surface area contributed by atoms with Crippen molar-refractivity contribution in [2.45, 2.75) is 79.1 Å². The van der Waals surface area contributed by atoms with Crippen LogP contribution in [0, 0.1) is 0 Å². The van der Waals surface area contributed by atoms with Crippen LogP contribution in [0.5, 0.6) is 0 Å². The van der Waals surface area contributed by atoms with Gasteiger partial charge in [0.2, 0.25) is 0 Å². The highest BCUT2D eigenvalue weighted by atomic mass is 15.1. The summed E-state index contributed by atoms with van der Waals surface area (Å²) in [7, 11) is 0. The van der Waals surface area contributed by atoms with Crippen LogP contribution in [0.2, 0.25) is 0 Å². The van der Waals surface area contributed by atoms with Gasteiger partial charge in [-0.15, -0.1) is 0 Å². The minimum atomic E-state index is 0.423. The Bertz CT molecular complexity index is 768. The molecular weight excluding hydrogens is 340 g/mol. The molecule has 0 bridgehead atoms. The molecule has 0 aliphatic rings. The maximum absolute atomic E-state index is 4.56. The van der Waals surface area contributed by atoms with Crippen molar-refractivity contribution in [3.8, 4) is 0 Å². The van der Waals surface area contributed by atoms with Gasteiger partial charge in [-0.1, -0.05) is 85.7 Å². The minimum Gasteiger partial charge on any atom is -0.159 e. The molecule has 0 saturated carbocycles. The van der Waals surface area contributed by atoms with Crippen molar-refractivity contribution in [1.82, 2.24) is 0 Å². The topological polar surface area (TPSA) is 24.7 Å². The second-order valence-electron chi connectivity index (χ2n) is 8.78. The standard InChI is InChI=1S/C26H36N2/c1-17(2)22-12-9-11-21(25(22)19(5)6)15-16-27-28-24-14-10-13-23(18(3)4)26(24)20(7)8/h9-20H,1-8H3. The fraction of sp³-hybridized carbons (Fsp3) is 0.462. The van der Waals surface area contributed by atoms with Gasteiger partial charge in [0.25, 0.3) is 0 Å². The molecule has 0 N–H and O–H groups in total. The third-order valence-electron chi connectivity index (χ3n) is 5.18. The average Bonchev–Trinajstić information content (AvgIpc) is 2.64. The Morgan fingerprint density at radius 1 is 0.643 bits per heavy atom. The van der Waals surface area contributed by atoms with Gasteiger partial charge in [-0.3, -0.25) is 0 Å². The quantitative estimate of drug-likeness (QED) is 0.431. The average molecular weight is 377 g/mol. The van der Waals surface area contributed by atoms with Gasteiger partial charge >= 0.3 is 0 Å². The summed E-state index contributed by atoms with van der Waals surface area (Å²) in [6, 6.07) is 12.9. The molecule has 0 atom stereocenters. The van der Waals surface area contributed by atoms with E-state index in [1.807, 2.05) is 6.20 Å². The van der Waals surface area contributed by atoms with Gasteiger partial charge in [0.05, 0.1) is 11.9 Å². The molecule has 0 aromatic heterocycles. The lowest BCUT2D eigenvalue weighted by Gasteiger charge is -2.18. The lowest BCUT2D eigenvalue weighted by atomic mass is 9.87. The first kappa shape index (κ1) is 22.1. The van der Waals surface area contributed by atoms with Gasteiger partial charge in [0, 0.05) is 0 Å². The number of hydrogen-bond acceptors (Lipinski definition) is 2. The first-order valence-electron chi connectivity index (χ1n) is 10.6. The lowest BCUT2D eigenvalue weighted by molar-refractivity contribution is 0.788. The van der Waals surface area contributed by atoms with Crippen LogP contribution < -0.4 is 0 Å². The van der Waals surface area contributed by atoms with E-state index in [-0.39, 0.29) is 0 Å². The van der Waals surface area contributed by atoms with E-state index < -0.39 is 0 Å². The van der Waals surface area contributed by atoms with E-state index in [4.69, 9.17) is 0 Å². The summed E-state index contributed by atoms with van der Waals surface area (Å²) in [6.07, 6.45) is 3.92. The molecule has 2 nitrogen and oxygen atoms in total. The Morgan fingerprint density at radius 2 is 1.18 bits per heavy atom. The van der Waals surface area contributed by atoms with Crippen LogP contribution in [0.1, 0.15) is 107 Å². The van der Waals surface area contributed by atoms with Crippen LogP contribution in [0.25, 0.3) is 6.08 Å². The Hall–Kier alpha value is -2.22. The van der Waals surface area contributed by atoms with E-state index in [0.717, 1.165) is 5.69 Å². The number of hydrogen-bond donors (Lipinski definition) is 0. The molecule has 0 heterocycles. The summed E-state index contributed by atoms with van der Waals surface area (Å²) in [5.41, 5.74) is 7.71. The fourth-order valence-corrected chi connectivity index (χ4v) is 3.92. The van der Waals surface area contributed by atoms with E-state index in [1.165, 1.54) is 27.8 Å². The normalized spacial score (nSPS) is 12.6. The summed E-state index contributed by atoms with van der Waals surface area (Å²) in [4.78, 5) is 0. The zero-order valence-corrected chi connectivity index (χ0v) is 18.8. The molecule has 0 aliphatic carbocycles. The van der Waals surface area contributed by atoms with E-state index in [9.17, 15) is 0 Å². The third-order valence-corrected chi connectivity index (χ3v) is 5.18. The highest BCUT2D eigenvalue weighted by molar-refractivity contribution is 5.58. The van der Waals surface area contributed by atoms with Crippen LogP contribution >= 0.6 is 0 Å². The van der Waals surface area contributed by atoms with Crippen LogP contribution in [0.4, 0.5) is 5.69 Å². The molecule has 0 spiro atoms. The predicted molar refractivity (Wildman–Crippen MR) is 123 cm³/mol. The Kier molecular flexibility index (Phi) is 7.74. The SMILES string of the molecule is CC(C)c1cccc(C=CN=Nc2cccc(C(C)C)c2C(C)C)c1C(C)C. The van der Waals surface area contributed by atoms with Gasteiger partial charge in [0.15, 0.2) is 0 Å². The zero-order chi connectivity index (χ0) is 20.8. The van der Waals surface area contributed by atoms with Gasteiger partial charge in [-0.25, -0.2) is 0 Å². The van der Waals surface area contributed by atoms with Crippen molar-refractivity contribution in [2.24, 2.45) is 10.2 Å². The number of rotatable bonds is 7. The fourth-order valence-electron chi connectivity index (χ4n) is 3.92. The molecule has 2 rings (SSSR count). The van der Waals surface area contributed by atoms with Gasteiger partial charge < -0.3 is 0 Å². The van der Waals surface area contributed by atoms with Crippen molar-refractivity contribution in [1.29, 1.82) is 0 Å². The summed E-state index contributed by atoms with van der Waals surface area (Å²) < 4.78 is 0. The smallest absolute Gasteiger partial charge is 0.0894 e. The van der Waals surface area contributed by atoms with Gasteiger partial charge in [-0.2, -0.15) is 10.2 Å². The van der Waals surface area contributed by atoms with Gasteiger partial charge in [0.1, 0.15) is 0 Å². The first-order valence-corrected chi connectivity index (χ1v) is 10.6. The van der Waals surface area contributed by atoms with Crippen LogP contribution in [-0.2, 0) is 0 Å². The second-order valence-corrected chi connectivity index (χ2v) is 8.78. The van der Waals surface area contributed by atoms with Crippen LogP contribution in [0.15, 0.2) is 52.8 Å². The molecule has 0 saturated heterocycles. The Morgan fingerprint density at radius 3 is 1.71 bits per heavy atom. The van der Waals surface area contributed by atoms with Crippen LogP contribution in [0.3, 0.4) is 0 Å². The highest BCUT2D eigenvalue weighted by Crippen LogP contribution is 2.34. The monoisotopic (exact) mass is 376 g/mol. The van der Waals surface area contributed by atoms with Crippen molar-refractivity contribution < 1.29 is 0 Å². The maximum atomic E-state index is 4.56. The maximum Gasteiger partial charge on any atom is 0.0894 e. The lowest BCUT2D eigenvalue weighted by Crippen LogP contribution is -2.01. The van der Waals surface area contributed by atoms with Crippen molar-refractivity contribution >= 4 is 11.8 Å². The minimum absolute atomic E-state index is 0.423. The van der Waals surface area contributed by atoms with Crippen molar-refractivity contribution in [3.05, 3.63) is 70.4 Å². The number of benzene rings is 2. The molecule has 0 aliphatic heterocycles. The highest BCUT2D eigenvalue weighted by Gasteiger charge is 2.14. The number of nitrogens with zero attached hydrogens (tertiary/aromatic N) is 2. The summed E-state index contributed by atoms with van der Waals surface area (Å²) >= 11 is 0. The van der Waals surface area contributed by atoms with E-state index in [0.29, 0.717) is 23.7 Å². The van der Waals surface area contributed by atoms with Crippen molar-refractivity contribution in [3.63, 3.8) is 0 Å². The van der Waals surface area contributed by atoms with E-state index >= 15 is 0 Å². The van der Waals surface area contributed by atoms with Crippen molar-refractivity contribution in [2.75, 3.05) is 0 Å². The molecule has 28 heavy (non-hydrogen) atoms. The molecule has 0 unspecified atom stereocenters. The van der Waals surface area contributed by atoms with E-state index in [2.05, 4.69) is 108 Å². The molecule has 150 valence electrons. The van der Waals surface area contributed by atoms with E-state index in [1.54, 1.807) is 0 Å². The second kappa shape index (κ2) is 9.82. The summed E-state index contributed by atoms with van der Waals surface area (Å²) in [6.45, 7) is 17.9. The molecule has 0 radical (unpaired) electrons. The molecule has 0 amide bonds. The predicted octanol–water partition coefficient (Wildman–Crippen LogP) is 8.93. The largest absolute Gasteiger partial charge is 0.159 e. The zero-order valence-electron chi connectivity index (χ0n) is 18.8. The Labute approximate surface area is 171 Å². The molecule has 0 fully saturated rings. The number of azo groups is 1. The third kappa shape index (κ3) is 5.19. The van der Waals surface area contributed by atoms with Gasteiger partial charge in [-0.05, 0) is 63.6 Å². The summed E-state index contributed by atoms with van der Waals surface area (Å²) in [5, 5.41) is 8.96. The molecule has 2 aromatic rings. The van der Waals surface area contributed by atoms with Crippen LogP contribution in [-0.4, -0.2) is 0 Å². The molecule has 2 heteroatoms. The summed E-state index contributed by atoms with van der Waals surface area (Å²) in [5.74, 6) is 1.90.